The van der Waals surface area contributed by atoms with Gasteiger partial charge in [-0.15, -0.1) is 11.3 Å². The molecule has 6 aromatic rings. The Morgan fingerprint density at radius 3 is 1.54 bits per heavy atom. The van der Waals surface area contributed by atoms with Crippen LogP contribution in [0.15, 0.2) is 66.2 Å². The fourth-order valence-electron chi connectivity index (χ4n) is 12.6. The van der Waals surface area contributed by atoms with Gasteiger partial charge in [0.2, 0.25) is 11.8 Å². The first-order valence-corrected chi connectivity index (χ1v) is 24.9. The van der Waals surface area contributed by atoms with Crippen LogP contribution in [0.25, 0.3) is 44.3 Å². The molecule has 4 fully saturated rings. The van der Waals surface area contributed by atoms with Crippen LogP contribution in [0.3, 0.4) is 0 Å². The molecule has 63 heavy (non-hydrogen) atoms. The summed E-state index contributed by atoms with van der Waals surface area (Å²) in [7, 11) is 0. The summed E-state index contributed by atoms with van der Waals surface area (Å²) < 4.78 is 36.6. The number of nitrogens with one attached hydrogen (secondary N) is 3. The van der Waals surface area contributed by atoms with Crippen LogP contribution < -0.4 is 10.6 Å². The number of hydrogen-bond donors (Lipinski definition) is 3. The van der Waals surface area contributed by atoms with Gasteiger partial charge in [-0.05, 0) is 136 Å². The monoisotopic (exact) mass is 873 g/mol. The summed E-state index contributed by atoms with van der Waals surface area (Å²) >= 11 is 1.55. The molecule has 2 atom stereocenters. The molecule has 9 nitrogen and oxygen atoms in total. The van der Waals surface area contributed by atoms with E-state index in [0.29, 0.717) is 65.1 Å². The van der Waals surface area contributed by atoms with E-state index in [-0.39, 0.29) is 23.9 Å². The Hall–Kier alpha value is -4.84. The van der Waals surface area contributed by atoms with Crippen LogP contribution >= 0.6 is 11.3 Å². The van der Waals surface area contributed by atoms with Crippen molar-refractivity contribution in [3.63, 3.8) is 0 Å². The summed E-state index contributed by atoms with van der Waals surface area (Å²) in [5, 5.41) is 9.47. The number of nitrogens with zero attached hydrogens (tertiary/aromatic N) is 4. The molecule has 0 saturated heterocycles. The second kappa shape index (κ2) is 17.6. The van der Waals surface area contributed by atoms with Gasteiger partial charge >= 0.3 is 0 Å². The average molecular weight is 874 g/mol. The number of carbonyl (C=O) groups is 2. The van der Waals surface area contributed by atoms with Crippen molar-refractivity contribution < 1.29 is 18.4 Å². The largest absolute Gasteiger partial charge is 0.359 e. The van der Waals surface area contributed by atoms with Crippen LogP contribution in [0.2, 0.25) is 0 Å². The molecule has 0 bridgehead atoms. The molecule has 2 aromatic carbocycles. The van der Waals surface area contributed by atoms with Gasteiger partial charge < -0.3 is 24.8 Å². The number of hydrogen-bond acceptors (Lipinski definition) is 5. The SMILES string of the molecule is Cc1ccsc1-c1nc2ccc(F)cc2n1C(C(=O)NC1CCCCC1)(C1CCCCC1)C(C(=O)NC1CCCCC1)(C1CCCCC1)n1c(-c2ccc[nH]2)nc2ccc(F)cc21. The number of aryl methyl sites for hydroxylation is 1. The highest BCUT2D eigenvalue weighted by Crippen LogP contribution is 2.59. The van der Waals surface area contributed by atoms with Gasteiger partial charge in [-0.2, -0.15) is 0 Å². The van der Waals surface area contributed by atoms with E-state index in [9.17, 15) is 0 Å². The molecule has 3 N–H and O–H groups in total. The van der Waals surface area contributed by atoms with Crippen molar-refractivity contribution in [1.82, 2.24) is 34.7 Å². The molecule has 4 aliphatic carbocycles. The predicted molar refractivity (Wildman–Crippen MR) is 246 cm³/mol. The zero-order valence-corrected chi connectivity index (χ0v) is 37.4. The lowest BCUT2D eigenvalue weighted by atomic mass is 9.55. The van der Waals surface area contributed by atoms with Crippen molar-refractivity contribution in [2.45, 2.75) is 159 Å². The summed E-state index contributed by atoms with van der Waals surface area (Å²) in [4.78, 5) is 49.6. The molecule has 2 amide bonds. The highest BCUT2D eigenvalue weighted by Gasteiger charge is 2.71. The first kappa shape index (κ1) is 42.1. The molecule has 2 unspecified atom stereocenters. The molecule has 12 heteroatoms. The number of rotatable bonds is 11. The van der Waals surface area contributed by atoms with Gasteiger partial charge in [0.05, 0.1) is 32.6 Å². The van der Waals surface area contributed by atoms with Crippen LogP contribution in [-0.4, -0.2) is 48.0 Å². The van der Waals surface area contributed by atoms with Crippen molar-refractivity contribution in [3.05, 3.63) is 83.4 Å². The summed E-state index contributed by atoms with van der Waals surface area (Å²) in [6.07, 6.45) is 19.5. The lowest BCUT2D eigenvalue weighted by Crippen LogP contribution is -2.76. The topological polar surface area (TPSA) is 110 Å². The molecule has 4 saturated carbocycles. The molecule has 0 radical (unpaired) electrons. The summed E-state index contributed by atoms with van der Waals surface area (Å²) in [6, 6.07) is 15.0. The standard InChI is InChI=1S/C51H61F2N7O2S/c1-33-28-30-63-45(33)47-58-41-27-25-37(53)32-44(41)60(47)51(35-17-8-3-9-18-35,49(62)56-39-21-12-5-13-22-39)50(34-15-6-2-7-16-34,48(61)55-38-19-10-4-11-20-38)59-43-31-36(52)24-26-40(43)57-46(59)42-23-14-29-54-42/h14,23-32,34-35,38-39,54H,2-13,15-22H2,1H3,(H,55,61)(H,56,62). The summed E-state index contributed by atoms with van der Waals surface area (Å²) in [5.41, 5.74) is 0.144. The highest BCUT2D eigenvalue weighted by atomic mass is 32.1. The number of benzene rings is 2. The maximum atomic E-state index is 17.3. The van der Waals surface area contributed by atoms with Gasteiger partial charge in [0, 0.05) is 18.3 Å². The number of aromatic amines is 1. The van der Waals surface area contributed by atoms with Crippen LogP contribution in [0, 0.1) is 30.4 Å². The number of amides is 2. The summed E-state index contributed by atoms with van der Waals surface area (Å²) in [5.74, 6) is -1.17. The minimum Gasteiger partial charge on any atom is -0.359 e. The Morgan fingerprint density at radius 2 is 1.10 bits per heavy atom. The van der Waals surface area contributed by atoms with Crippen molar-refractivity contribution in [2.24, 2.45) is 11.8 Å². The fourth-order valence-corrected chi connectivity index (χ4v) is 13.5. The van der Waals surface area contributed by atoms with Crippen molar-refractivity contribution in [2.75, 3.05) is 0 Å². The van der Waals surface area contributed by atoms with E-state index >= 15 is 18.4 Å². The highest BCUT2D eigenvalue weighted by molar-refractivity contribution is 7.13. The van der Waals surface area contributed by atoms with Crippen molar-refractivity contribution in [1.29, 1.82) is 0 Å². The van der Waals surface area contributed by atoms with E-state index in [0.717, 1.165) is 113 Å². The van der Waals surface area contributed by atoms with Gasteiger partial charge in [-0.1, -0.05) is 77.0 Å². The Morgan fingerprint density at radius 1 is 0.635 bits per heavy atom. The van der Waals surface area contributed by atoms with Crippen LogP contribution in [0.5, 0.6) is 0 Å². The van der Waals surface area contributed by atoms with E-state index in [2.05, 4.69) is 33.2 Å². The van der Waals surface area contributed by atoms with Gasteiger partial charge in [0.25, 0.3) is 0 Å². The number of carbonyl (C=O) groups excluding carboxylic acids is 2. The van der Waals surface area contributed by atoms with E-state index in [1.54, 1.807) is 23.5 Å². The Bertz CT molecular complexity index is 2570. The van der Waals surface area contributed by atoms with Crippen LogP contribution in [0.4, 0.5) is 8.78 Å². The maximum Gasteiger partial charge on any atom is 0.249 e. The normalized spacial score (nSPS) is 20.7. The lowest BCUT2D eigenvalue weighted by Gasteiger charge is -2.59. The molecule has 4 heterocycles. The Labute approximate surface area is 372 Å². The molecule has 4 aliphatic rings. The lowest BCUT2D eigenvalue weighted by molar-refractivity contribution is -0.163. The third kappa shape index (κ3) is 7.22. The second-order valence-corrected chi connectivity index (χ2v) is 20.1. The van der Waals surface area contributed by atoms with Crippen LogP contribution in [-0.2, 0) is 20.7 Å². The zero-order chi connectivity index (χ0) is 43.1. The van der Waals surface area contributed by atoms with E-state index < -0.39 is 34.5 Å². The minimum absolute atomic E-state index is 0.113. The molecular formula is C51H61F2N7O2S. The number of aromatic nitrogens is 5. The van der Waals surface area contributed by atoms with E-state index in [1.807, 2.05) is 28.3 Å². The van der Waals surface area contributed by atoms with Crippen molar-refractivity contribution >= 4 is 45.2 Å². The average Bonchev–Trinajstić information content (AvgIpc) is 4.14. The molecule has 0 spiro atoms. The molecule has 10 rings (SSSR count). The van der Waals surface area contributed by atoms with E-state index in [1.165, 1.54) is 24.3 Å². The number of halogens is 2. The molecule has 332 valence electrons. The third-order valence-corrected chi connectivity index (χ3v) is 16.4. The number of thiophene rings is 1. The van der Waals surface area contributed by atoms with Gasteiger partial charge in [-0.3, -0.25) is 9.59 Å². The molecule has 0 aliphatic heterocycles. The predicted octanol–water partition coefficient (Wildman–Crippen LogP) is 11.8. The first-order chi connectivity index (χ1) is 30.8. The summed E-state index contributed by atoms with van der Waals surface area (Å²) in [6.45, 7) is 2.06. The smallest absolute Gasteiger partial charge is 0.249 e. The molecule has 4 aromatic heterocycles. The zero-order valence-electron chi connectivity index (χ0n) is 36.6. The number of fused-ring (bicyclic) bond motifs is 2. The fraction of sp³-hybridized carbons (Fsp3) is 0.529. The first-order valence-electron chi connectivity index (χ1n) is 24.0. The van der Waals surface area contributed by atoms with Gasteiger partial charge in [-0.25, -0.2) is 18.7 Å². The Kier molecular flexibility index (Phi) is 11.8. The Balaban J connectivity index is 1.44. The van der Waals surface area contributed by atoms with Crippen LogP contribution in [0.1, 0.15) is 134 Å². The van der Waals surface area contributed by atoms with E-state index in [4.69, 9.17) is 9.97 Å². The maximum absolute atomic E-state index is 17.3. The second-order valence-electron chi connectivity index (χ2n) is 19.1. The quantitative estimate of drug-likeness (QED) is 0.120. The van der Waals surface area contributed by atoms with Crippen molar-refractivity contribution in [3.8, 4) is 22.2 Å². The molecular weight excluding hydrogens is 813 g/mol. The van der Waals surface area contributed by atoms with Gasteiger partial charge in [0.15, 0.2) is 22.7 Å². The minimum atomic E-state index is -1.77. The number of H-pyrrole nitrogens is 1. The number of imidazole rings is 2. The third-order valence-electron chi connectivity index (χ3n) is 15.4. The van der Waals surface area contributed by atoms with Gasteiger partial charge in [0.1, 0.15) is 11.6 Å².